The summed E-state index contributed by atoms with van der Waals surface area (Å²) in [6.45, 7) is 11.5. The molecule has 1 aliphatic rings. The van der Waals surface area contributed by atoms with Gasteiger partial charge in [-0.05, 0) is 57.4 Å². The van der Waals surface area contributed by atoms with Crippen molar-refractivity contribution in [3.8, 4) is 0 Å². The van der Waals surface area contributed by atoms with Gasteiger partial charge < -0.3 is 15.1 Å². The van der Waals surface area contributed by atoms with E-state index >= 15 is 0 Å². The van der Waals surface area contributed by atoms with Crippen molar-refractivity contribution in [1.29, 1.82) is 0 Å². The molecule has 0 aromatic heterocycles. The van der Waals surface area contributed by atoms with E-state index in [2.05, 4.69) is 36.2 Å². The smallest absolute Gasteiger partial charge is 0.227 e. The van der Waals surface area contributed by atoms with Crippen molar-refractivity contribution >= 4 is 23.2 Å². The summed E-state index contributed by atoms with van der Waals surface area (Å²) in [6, 6.07) is 6.19. The molecule has 0 atom stereocenters. The van der Waals surface area contributed by atoms with E-state index in [-0.39, 0.29) is 17.7 Å². The van der Waals surface area contributed by atoms with Crippen LogP contribution in [0.5, 0.6) is 0 Å². The molecule has 1 aromatic carbocycles. The van der Waals surface area contributed by atoms with Crippen molar-refractivity contribution in [2.45, 2.75) is 47.0 Å². The molecule has 0 spiro atoms. The molecule has 25 heavy (non-hydrogen) atoms. The minimum Gasteiger partial charge on any atom is -0.372 e. The lowest BCUT2D eigenvalue weighted by Gasteiger charge is -2.31. The summed E-state index contributed by atoms with van der Waals surface area (Å²) in [5, 5.41) is 3.08. The minimum atomic E-state index is -0.0113. The predicted octanol–water partition coefficient (Wildman–Crippen LogP) is 3.43. The summed E-state index contributed by atoms with van der Waals surface area (Å²) < 4.78 is 0. The number of aryl methyl sites for hydroxylation is 1. The SMILES string of the molecule is CCC(=O)N1CCC(C(=O)Nc2ccc(N(CC)CC)cc2C)CC1. The number of hydrogen-bond acceptors (Lipinski definition) is 3. The van der Waals surface area contributed by atoms with Crippen molar-refractivity contribution in [1.82, 2.24) is 4.90 Å². The third-order valence-corrected chi connectivity index (χ3v) is 5.12. The number of carbonyl (C=O) groups excluding carboxylic acids is 2. The monoisotopic (exact) mass is 345 g/mol. The maximum atomic E-state index is 12.6. The molecule has 0 aliphatic carbocycles. The Morgan fingerprint density at radius 1 is 1.16 bits per heavy atom. The molecule has 1 aromatic rings. The van der Waals surface area contributed by atoms with Crippen molar-refractivity contribution in [3.63, 3.8) is 0 Å². The summed E-state index contributed by atoms with van der Waals surface area (Å²) in [6.07, 6.45) is 2.03. The van der Waals surface area contributed by atoms with E-state index in [1.165, 1.54) is 5.69 Å². The number of likely N-dealkylation sites (tertiary alicyclic amines) is 1. The average Bonchev–Trinajstić information content (AvgIpc) is 2.64. The molecule has 1 aliphatic heterocycles. The third-order valence-electron chi connectivity index (χ3n) is 5.12. The molecule has 0 bridgehead atoms. The Balaban J connectivity index is 1.96. The second-order valence-electron chi connectivity index (χ2n) is 6.67. The van der Waals surface area contributed by atoms with E-state index < -0.39 is 0 Å². The summed E-state index contributed by atoms with van der Waals surface area (Å²) in [4.78, 5) is 28.5. The lowest BCUT2D eigenvalue weighted by atomic mass is 9.95. The first kappa shape index (κ1) is 19.3. The van der Waals surface area contributed by atoms with Gasteiger partial charge in [-0.1, -0.05) is 6.92 Å². The lowest BCUT2D eigenvalue weighted by molar-refractivity contribution is -0.134. The molecule has 2 amide bonds. The van der Waals surface area contributed by atoms with E-state index in [0.29, 0.717) is 19.5 Å². The maximum Gasteiger partial charge on any atom is 0.227 e. The molecule has 138 valence electrons. The largest absolute Gasteiger partial charge is 0.372 e. The van der Waals surface area contributed by atoms with Gasteiger partial charge in [0.25, 0.3) is 0 Å². The maximum absolute atomic E-state index is 12.6. The number of anilines is 2. The van der Waals surface area contributed by atoms with Gasteiger partial charge >= 0.3 is 0 Å². The molecule has 0 radical (unpaired) electrons. The fourth-order valence-corrected chi connectivity index (χ4v) is 3.42. The second kappa shape index (κ2) is 8.88. The molecule has 1 saturated heterocycles. The van der Waals surface area contributed by atoms with Gasteiger partial charge in [-0.25, -0.2) is 0 Å². The molecule has 1 heterocycles. The number of nitrogens with zero attached hydrogens (tertiary/aromatic N) is 2. The average molecular weight is 345 g/mol. The molecule has 1 N–H and O–H groups in total. The van der Waals surface area contributed by atoms with E-state index in [0.717, 1.165) is 37.2 Å². The summed E-state index contributed by atoms with van der Waals surface area (Å²) in [7, 11) is 0. The number of hydrogen-bond donors (Lipinski definition) is 1. The zero-order valence-corrected chi connectivity index (χ0v) is 16.0. The van der Waals surface area contributed by atoms with Crippen molar-refractivity contribution in [3.05, 3.63) is 23.8 Å². The Bertz CT molecular complexity index is 603. The standard InChI is InChI=1S/C20H31N3O2/c1-5-19(24)23-12-10-16(11-13-23)20(25)21-18-9-8-17(14-15(18)4)22(6-2)7-3/h8-9,14,16H,5-7,10-13H2,1-4H3,(H,21,25). The molecular formula is C20H31N3O2. The summed E-state index contributed by atoms with van der Waals surface area (Å²) >= 11 is 0. The van der Waals surface area contributed by atoms with Crippen LogP contribution in [-0.2, 0) is 9.59 Å². The van der Waals surface area contributed by atoms with E-state index in [9.17, 15) is 9.59 Å². The van der Waals surface area contributed by atoms with Gasteiger partial charge in [-0.15, -0.1) is 0 Å². The highest BCUT2D eigenvalue weighted by Crippen LogP contribution is 2.25. The minimum absolute atomic E-state index is 0.0113. The molecule has 0 unspecified atom stereocenters. The Kier molecular flexibility index (Phi) is 6.85. The van der Waals surface area contributed by atoms with Gasteiger partial charge in [0.05, 0.1) is 0 Å². The van der Waals surface area contributed by atoms with Gasteiger partial charge in [-0.2, -0.15) is 0 Å². The first-order valence-electron chi connectivity index (χ1n) is 9.44. The third kappa shape index (κ3) is 4.74. The molecule has 2 rings (SSSR count). The van der Waals surface area contributed by atoms with Gasteiger partial charge in [0.2, 0.25) is 11.8 Å². The Morgan fingerprint density at radius 3 is 2.32 bits per heavy atom. The highest BCUT2D eigenvalue weighted by atomic mass is 16.2. The van der Waals surface area contributed by atoms with Gasteiger partial charge in [0.15, 0.2) is 0 Å². The van der Waals surface area contributed by atoms with Crippen molar-refractivity contribution < 1.29 is 9.59 Å². The number of benzene rings is 1. The summed E-state index contributed by atoms with van der Waals surface area (Å²) in [5.74, 6) is 0.242. The van der Waals surface area contributed by atoms with Gasteiger partial charge in [0, 0.05) is 49.9 Å². The lowest BCUT2D eigenvalue weighted by Crippen LogP contribution is -2.41. The topological polar surface area (TPSA) is 52.7 Å². The zero-order valence-electron chi connectivity index (χ0n) is 16.0. The number of rotatable bonds is 6. The fraction of sp³-hybridized carbons (Fsp3) is 0.600. The molecule has 1 fully saturated rings. The zero-order chi connectivity index (χ0) is 18.4. The number of piperidine rings is 1. The number of carbonyl (C=O) groups is 2. The van der Waals surface area contributed by atoms with Crippen LogP contribution in [0.4, 0.5) is 11.4 Å². The van der Waals surface area contributed by atoms with Crippen LogP contribution in [0.3, 0.4) is 0 Å². The van der Waals surface area contributed by atoms with E-state index in [1.807, 2.05) is 24.8 Å². The Labute approximate surface area is 151 Å². The van der Waals surface area contributed by atoms with E-state index in [1.54, 1.807) is 0 Å². The normalized spacial score (nSPS) is 15.1. The Hall–Kier alpha value is -2.04. The molecule has 5 heteroatoms. The van der Waals surface area contributed by atoms with Crippen LogP contribution in [-0.4, -0.2) is 42.9 Å². The number of amides is 2. The highest BCUT2D eigenvalue weighted by molar-refractivity contribution is 5.93. The second-order valence-corrected chi connectivity index (χ2v) is 6.67. The van der Waals surface area contributed by atoms with Crippen LogP contribution in [0.15, 0.2) is 18.2 Å². The molecule has 5 nitrogen and oxygen atoms in total. The van der Waals surface area contributed by atoms with Crippen LogP contribution in [0.25, 0.3) is 0 Å². The number of nitrogens with one attached hydrogen (secondary N) is 1. The van der Waals surface area contributed by atoms with Crippen molar-refractivity contribution in [2.24, 2.45) is 5.92 Å². The quantitative estimate of drug-likeness (QED) is 0.859. The fourth-order valence-electron chi connectivity index (χ4n) is 3.42. The first-order chi connectivity index (χ1) is 12.0. The highest BCUT2D eigenvalue weighted by Gasteiger charge is 2.26. The predicted molar refractivity (Wildman–Crippen MR) is 103 cm³/mol. The summed E-state index contributed by atoms with van der Waals surface area (Å²) in [5.41, 5.74) is 3.15. The van der Waals surface area contributed by atoms with Gasteiger partial charge in [0.1, 0.15) is 0 Å². The molecular weight excluding hydrogens is 314 g/mol. The molecule has 0 saturated carbocycles. The van der Waals surface area contributed by atoms with Crippen molar-refractivity contribution in [2.75, 3.05) is 36.4 Å². The van der Waals surface area contributed by atoms with Crippen LogP contribution in [0.2, 0.25) is 0 Å². The van der Waals surface area contributed by atoms with Crippen LogP contribution >= 0.6 is 0 Å². The van der Waals surface area contributed by atoms with Crippen LogP contribution in [0.1, 0.15) is 45.6 Å². The Morgan fingerprint density at radius 2 is 1.80 bits per heavy atom. The van der Waals surface area contributed by atoms with Gasteiger partial charge in [-0.3, -0.25) is 9.59 Å². The van der Waals surface area contributed by atoms with Crippen LogP contribution in [0, 0.1) is 12.8 Å². The van der Waals surface area contributed by atoms with Crippen LogP contribution < -0.4 is 10.2 Å². The first-order valence-corrected chi connectivity index (χ1v) is 9.44. The van der Waals surface area contributed by atoms with E-state index in [4.69, 9.17) is 0 Å².